The first kappa shape index (κ1) is 16.0. The summed E-state index contributed by atoms with van der Waals surface area (Å²) in [5.74, 6) is 0.835. The number of carbonyl (C=O) groups is 1. The van der Waals surface area contributed by atoms with Crippen LogP contribution in [0.4, 0.5) is 0 Å². The molecule has 2 N–H and O–H groups in total. The van der Waals surface area contributed by atoms with Gasteiger partial charge in [0, 0.05) is 12.0 Å². The van der Waals surface area contributed by atoms with Crippen LogP contribution in [0.1, 0.15) is 45.6 Å². The van der Waals surface area contributed by atoms with Gasteiger partial charge in [-0.2, -0.15) is 0 Å². The Morgan fingerprint density at radius 3 is 2.71 bits per heavy atom. The molecule has 0 bridgehead atoms. The second kappa shape index (κ2) is 7.08. The van der Waals surface area contributed by atoms with Crippen LogP contribution in [0.3, 0.4) is 0 Å². The normalized spacial score (nSPS) is 22.8. The SMILES string of the molecule is CCC1CCNC(C(=O)NCC(C)(C)c2ccccc2)C1. The minimum Gasteiger partial charge on any atom is -0.354 e. The smallest absolute Gasteiger partial charge is 0.237 e. The second-order valence-corrected chi connectivity index (χ2v) is 6.77. The van der Waals surface area contributed by atoms with E-state index in [0.29, 0.717) is 12.5 Å². The van der Waals surface area contributed by atoms with E-state index in [2.05, 4.69) is 43.5 Å². The molecule has 0 saturated carbocycles. The van der Waals surface area contributed by atoms with Crippen molar-refractivity contribution >= 4 is 5.91 Å². The Kier molecular flexibility index (Phi) is 5.40. The Bertz CT molecular complexity index is 456. The lowest BCUT2D eigenvalue weighted by atomic mass is 9.84. The third kappa shape index (κ3) is 4.31. The van der Waals surface area contributed by atoms with Gasteiger partial charge in [-0.15, -0.1) is 0 Å². The van der Waals surface area contributed by atoms with Gasteiger partial charge in [-0.25, -0.2) is 0 Å². The van der Waals surface area contributed by atoms with Gasteiger partial charge in [-0.3, -0.25) is 4.79 Å². The highest BCUT2D eigenvalue weighted by atomic mass is 16.2. The molecule has 2 unspecified atom stereocenters. The summed E-state index contributed by atoms with van der Waals surface area (Å²) in [5.41, 5.74) is 1.21. The third-order valence-corrected chi connectivity index (χ3v) is 4.67. The zero-order valence-corrected chi connectivity index (χ0v) is 13.5. The summed E-state index contributed by atoms with van der Waals surface area (Å²) in [6.45, 7) is 8.18. The Morgan fingerprint density at radius 1 is 1.33 bits per heavy atom. The van der Waals surface area contributed by atoms with Crippen LogP contribution in [0, 0.1) is 5.92 Å². The molecular weight excluding hydrogens is 260 g/mol. The lowest BCUT2D eigenvalue weighted by Crippen LogP contribution is -2.50. The summed E-state index contributed by atoms with van der Waals surface area (Å²) in [6, 6.07) is 10.3. The summed E-state index contributed by atoms with van der Waals surface area (Å²) in [4.78, 5) is 12.4. The molecule has 1 fully saturated rings. The number of benzene rings is 1. The molecule has 2 rings (SSSR count). The van der Waals surface area contributed by atoms with Crippen molar-refractivity contribution in [2.45, 2.75) is 51.5 Å². The summed E-state index contributed by atoms with van der Waals surface area (Å²) in [6.07, 6.45) is 3.32. The van der Waals surface area contributed by atoms with E-state index in [1.54, 1.807) is 0 Å². The van der Waals surface area contributed by atoms with E-state index in [4.69, 9.17) is 0 Å². The summed E-state index contributed by atoms with van der Waals surface area (Å²) in [7, 11) is 0. The van der Waals surface area contributed by atoms with E-state index in [9.17, 15) is 4.79 Å². The number of amides is 1. The van der Waals surface area contributed by atoms with E-state index in [-0.39, 0.29) is 17.4 Å². The van der Waals surface area contributed by atoms with Gasteiger partial charge < -0.3 is 10.6 Å². The van der Waals surface area contributed by atoms with Crippen LogP contribution in [-0.2, 0) is 10.2 Å². The monoisotopic (exact) mass is 288 g/mol. The average molecular weight is 288 g/mol. The number of hydrogen-bond donors (Lipinski definition) is 2. The van der Waals surface area contributed by atoms with Crippen molar-refractivity contribution in [3.63, 3.8) is 0 Å². The maximum absolute atomic E-state index is 12.4. The van der Waals surface area contributed by atoms with E-state index >= 15 is 0 Å². The van der Waals surface area contributed by atoms with Crippen molar-refractivity contribution in [3.05, 3.63) is 35.9 Å². The third-order valence-electron chi connectivity index (χ3n) is 4.67. The van der Waals surface area contributed by atoms with Crippen molar-refractivity contribution in [2.75, 3.05) is 13.1 Å². The van der Waals surface area contributed by atoms with Crippen LogP contribution in [0.2, 0.25) is 0 Å². The topological polar surface area (TPSA) is 41.1 Å². The first-order valence-electron chi connectivity index (χ1n) is 8.09. The molecule has 3 nitrogen and oxygen atoms in total. The Morgan fingerprint density at radius 2 is 2.05 bits per heavy atom. The number of rotatable bonds is 5. The summed E-state index contributed by atoms with van der Waals surface area (Å²) < 4.78 is 0. The molecule has 0 spiro atoms. The number of carbonyl (C=O) groups excluding carboxylic acids is 1. The zero-order chi connectivity index (χ0) is 15.3. The summed E-state index contributed by atoms with van der Waals surface area (Å²) in [5, 5.41) is 6.48. The highest BCUT2D eigenvalue weighted by Gasteiger charge is 2.27. The highest BCUT2D eigenvalue weighted by molar-refractivity contribution is 5.82. The van der Waals surface area contributed by atoms with Crippen molar-refractivity contribution in [2.24, 2.45) is 5.92 Å². The first-order chi connectivity index (χ1) is 10.0. The fraction of sp³-hybridized carbons (Fsp3) is 0.611. The lowest BCUT2D eigenvalue weighted by molar-refractivity contribution is -0.124. The van der Waals surface area contributed by atoms with Gasteiger partial charge in [-0.05, 0) is 30.9 Å². The van der Waals surface area contributed by atoms with Crippen LogP contribution in [0.15, 0.2) is 30.3 Å². The minimum atomic E-state index is -0.0459. The van der Waals surface area contributed by atoms with E-state index in [0.717, 1.165) is 13.0 Å². The molecule has 2 atom stereocenters. The van der Waals surface area contributed by atoms with Gasteiger partial charge in [0.1, 0.15) is 0 Å². The summed E-state index contributed by atoms with van der Waals surface area (Å²) >= 11 is 0. The molecule has 3 heteroatoms. The van der Waals surface area contributed by atoms with Crippen LogP contribution in [0.25, 0.3) is 0 Å². The average Bonchev–Trinajstić information content (AvgIpc) is 2.53. The number of nitrogens with one attached hydrogen (secondary N) is 2. The zero-order valence-electron chi connectivity index (χ0n) is 13.5. The van der Waals surface area contributed by atoms with Crippen LogP contribution in [-0.4, -0.2) is 25.0 Å². The van der Waals surface area contributed by atoms with Gasteiger partial charge in [0.2, 0.25) is 5.91 Å². The van der Waals surface area contributed by atoms with Crippen molar-refractivity contribution < 1.29 is 4.79 Å². The Balaban J connectivity index is 1.88. The van der Waals surface area contributed by atoms with Crippen molar-refractivity contribution in [1.82, 2.24) is 10.6 Å². The van der Waals surface area contributed by atoms with Crippen molar-refractivity contribution in [1.29, 1.82) is 0 Å². The fourth-order valence-electron chi connectivity index (χ4n) is 2.99. The highest BCUT2D eigenvalue weighted by Crippen LogP contribution is 2.22. The molecule has 1 heterocycles. The largest absolute Gasteiger partial charge is 0.354 e. The molecule has 21 heavy (non-hydrogen) atoms. The fourth-order valence-corrected chi connectivity index (χ4v) is 2.99. The lowest BCUT2D eigenvalue weighted by Gasteiger charge is -2.31. The van der Waals surface area contributed by atoms with Gasteiger partial charge in [0.15, 0.2) is 0 Å². The van der Waals surface area contributed by atoms with E-state index in [1.807, 2.05) is 18.2 Å². The maximum Gasteiger partial charge on any atom is 0.237 e. The molecule has 1 aromatic carbocycles. The molecular formula is C18H28N2O. The Labute approximate surface area is 128 Å². The van der Waals surface area contributed by atoms with Crippen LogP contribution in [0.5, 0.6) is 0 Å². The van der Waals surface area contributed by atoms with Gasteiger partial charge in [0.05, 0.1) is 6.04 Å². The molecule has 1 saturated heterocycles. The predicted molar refractivity (Wildman–Crippen MR) is 87.3 cm³/mol. The van der Waals surface area contributed by atoms with Gasteiger partial charge in [-0.1, -0.05) is 57.5 Å². The quantitative estimate of drug-likeness (QED) is 0.875. The number of piperidine rings is 1. The van der Waals surface area contributed by atoms with Gasteiger partial charge in [0.25, 0.3) is 0 Å². The second-order valence-electron chi connectivity index (χ2n) is 6.77. The van der Waals surface area contributed by atoms with E-state index < -0.39 is 0 Å². The standard InChI is InChI=1S/C18H28N2O/c1-4-14-10-11-19-16(12-14)17(21)20-13-18(2,3)15-8-6-5-7-9-15/h5-9,14,16,19H,4,10-13H2,1-3H3,(H,20,21). The van der Waals surface area contributed by atoms with Crippen LogP contribution < -0.4 is 10.6 Å². The molecule has 116 valence electrons. The molecule has 1 aliphatic rings. The molecule has 1 aromatic rings. The van der Waals surface area contributed by atoms with Crippen LogP contribution >= 0.6 is 0 Å². The molecule has 0 radical (unpaired) electrons. The number of hydrogen-bond acceptors (Lipinski definition) is 2. The maximum atomic E-state index is 12.4. The predicted octanol–water partition coefficient (Wildman–Crippen LogP) is 2.86. The first-order valence-corrected chi connectivity index (χ1v) is 8.09. The van der Waals surface area contributed by atoms with E-state index in [1.165, 1.54) is 18.4 Å². The molecule has 0 aliphatic carbocycles. The molecule has 1 aliphatic heterocycles. The molecule has 0 aromatic heterocycles. The van der Waals surface area contributed by atoms with Gasteiger partial charge >= 0.3 is 0 Å². The molecule has 1 amide bonds. The van der Waals surface area contributed by atoms with Crippen molar-refractivity contribution in [3.8, 4) is 0 Å². The Hall–Kier alpha value is -1.35. The minimum absolute atomic E-state index is 0.0183.